The van der Waals surface area contributed by atoms with Crippen LogP contribution in [0.2, 0.25) is 0 Å². The quantitative estimate of drug-likeness (QED) is 0.731. The van der Waals surface area contributed by atoms with Crippen LogP contribution in [0.3, 0.4) is 0 Å². The van der Waals surface area contributed by atoms with E-state index in [1.165, 1.54) is 0 Å². The number of fused-ring (bicyclic) bond motifs is 1. The molecule has 0 radical (unpaired) electrons. The van der Waals surface area contributed by atoms with Gasteiger partial charge in [0.2, 0.25) is 0 Å². The van der Waals surface area contributed by atoms with Gasteiger partial charge in [0.05, 0.1) is 12.1 Å². The van der Waals surface area contributed by atoms with Crippen molar-refractivity contribution in [2.45, 2.75) is 18.6 Å². The lowest BCUT2D eigenvalue weighted by Gasteiger charge is -2.18. The van der Waals surface area contributed by atoms with Crippen LogP contribution >= 0.6 is 15.9 Å². The van der Waals surface area contributed by atoms with Gasteiger partial charge in [-0.1, -0.05) is 24.3 Å². The summed E-state index contributed by atoms with van der Waals surface area (Å²) in [6, 6.07) is 12.4. The number of halogens is 1. The van der Waals surface area contributed by atoms with E-state index in [2.05, 4.69) is 21.2 Å². The van der Waals surface area contributed by atoms with Crippen LogP contribution in [-0.2, 0) is 6.42 Å². The molecule has 0 saturated heterocycles. The lowest BCUT2D eigenvalue weighted by Crippen LogP contribution is -2.33. The highest BCUT2D eigenvalue weighted by molar-refractivity contribution is 9.10. The Labute approximate surface area is 131 Å². The second-order valence-corrected chi connectivity index (χ2v) is 6.01. The van der Waals surface area contributed by atoms with Gasteiger partial charge in [-0.2, -0.15) is 0 Å². The molecule has 1 amide bonds. The highest BCUT2D eigenvalue weighted by Crippen LogP contribution is 2.31. The third-order valence-corrected chi connectivity index (χ3v) is 4.47. The van der Waals surface area contributed by atoms with E-state index in [-0.39, 0.29) is 11.9 Å². The first-order valence-corrected chi connectivity index (χ1v) is 7.47. The van der Waals surface area contributed by atoms with Gasteiger partial charge in [-0.15, -0.1) is 0 Å². The molecule has 0 saturated carbocycles. The minimum atomic E-state index is -0.598. The Morgan fingerprint density at radius 2 is 2.05 bits per heavy atom. The smallest absolute Gasteiger partial charge is 0.251 e. The predicted molar refractivity (Wildman–Crippen MR) is 84.9 cm³/mol. The molecule has 0 bridgehead atoms. The van der Waals surface area contributed by atoms with E-state index in [1.807, 2.05) is 24.3 Å². The average molecular weight is 347 g/mol. The molecular weight excluding hydrogens is 332 g/mol. The molecule has 4 N–H and O–H groups in total. The van der Waals surface area contributed by atoms with E-state index in [0.717, 1.165) is 15.6 Å². The molecule has 1 aliphatic carbocycles. The molecule has 108 valence electrons. The Balaban J connectivity index is 1.83. The highest BCUT2D eigenvalue weighted by Gasteiger charge is 2.32. The Morgan fingerprint density at radius 1 is 1.29 bits per heavy atom. The zero-order valence-corrected chi connectivity index (χ0v) is 12.8. The first kappa shape index (κ1) is 14.1. The van der Waals surface area contributed by atoms with Gasteiger partial charge in [-0.3, -0.25) is 4.79 Å². The molecule has 1 aliphatic rings. The molecule has 2 atom stereocenters. The van der Waals surface area contributed by atoms with E-state index >= 15 is 0 Å². The van der Waals surface area contributed by atoms with E-state index < -0.39 is 6.10 Å². The maximum absolute atomic E-state index is 12.3. The molecule has 0 aromatic heterocycles. The van der Waals surface area contributed by atoms with Gasteiger partial charge in [0.15, 0.2) is 0 Å². The lowest BCUT2D eigenvalue weighted by atomic mass is 10.1. The van der Waals surface area contributed by atoms with Crippen LogP contribution in [0.25, 0.3) is 0 Å². The fourth-order valence-corrected chi connectivity index (χ4v) is 2.90. The lowest BCUT2D eigenvalue weighted by molar-refractivity contribution is 0.0858. The van der Waals surface area contributed by atoms with Crippen molar-refractivity contribution in [2.24, 2.45) is 0 Å². The summed E-state index contributed by atoms with van der Waals surface area (Å²) in [7, 11) is 0. The molecule has 0 heterocycles. The highest BCUT2D eigenvalue weighted by atomic mass is 79.9. The summed E-state index contributed by atoms with van der Waals surface area (Å²) in [6.45, 7) is 0. The van der Waals surface area contributed by atoms with Crippen LogP contribution in [0.1, 0.15) is 27.5 Å². The number of anilines is 1. The molecule has 2 aromatic carbocycles. The maximum Gasteiger partial charge on any atom is 0.251 e. The fraction of sp³-hybridized carbons (Fsp3) is 0.188. The van der Waals surface area contributed by atoms with Crippen LogP contribution in [0.5, 0.6) is 0 Å². The van der Waals surface area contributed by atoms with Crippen molar-refractivity contribution in [2.75, 3.05) is 5.73 Å². The van der Waals surface area contributed by atoms with Gasteiger partial charge in [0.1, 0.15) is 0 Å². The van der Waals surface area contributed by atoms with Gasteiger partial charge in [-0.25, -0.2) is 0 Å². The molecule has 0 aliphatic heterocycles. The summed E-state index contributed by atoms with van der Waals surface area (Å²) in [4.78, 5) is 12.3. The minimum absolute atomic E-state index is 0.241. The van der Waals surface area contributed by atoms with Gasteiger partial charge in [0.25, 0.3) is 5.91 Å². The number of carbonyl (C=O) groups excluding carboxylic acids is 1. The Bertz CT molecular complexity index is 702. The van der Waals surface area contributed by atoms with Crippen molar-refractivity contribution in [3.63, 3.8) is 0 Å². The van der Waals surface area contributed by atoms with E-state index in [4.69, 9.17) is 5.73 Å². The van der Waals surface area contributed by atoms with Crippen molar-refractivity contribution in [1.82, 2.24) is 5.32 Å². The summed E-state index contributed by atoms with van der Waals surface area (Å²) in [6.07, 6.45) is -0.0389. The normalized spacial score (nSPS) is 20.1. The van der Waals surface area contributed by atoms with Crippen molar-refractivity contribution in [3.05, 3.63) is 63.6 Å². The van der Waals surface area contributed by atoms with Crippen molar-refractivity contribution < 1.29 is 9.90 Å². The predicted octanol–water partition coefficient (Wildman–Crippen LogP) is 2.42. The van der Waals surface area contributed by atoms with Crippen LogP contribution < -0.4 is 11.1 Å². The number of aliphatic hydroxyl groups excluding tert-OH is 1. The van der Waals surface area contributed by atoms with Crippen molar-refractivity contribution in [3.8, 4) is 0 Å². The maximum atomic E-state index is 12.3. The van der Waals surface area contributed by atoms with Crippen LogP contribution in [-0.4, -0.2) is 17.1 Å². The van der Waals surface area contributed by atoms with Crippen LogP contribution in [0.4, 0.5) is 5.69 Å². The zero-order chi connectivity index (χ0) is 15.0. The van der Waals surface area contributed by atoms with Crippen molar-refractivity contribution >= 4 is 27.5 Å². The zero-order valence-electron chi connectivity index (χ0n) is 11.2. The Kier molecular flexibility index (Phi) is 3.69. The number of nitrogens with one attached hydrogen (secondary N) is 1. The SMILES string of the molecule is Nc1cc(C(=O)N[C@H]2c3ccccc3C[C@H]2O)ccc1Br. The van der Waals surface area contributed by atoms with Gasteiger partial charge in [0, 0.05) is 22.1 Å². The molecule has 21 heavy (non-hydrogen) atoms. The molecule has 2 aromatic rings. The van der Waals surface area contributed by atoms with E-state index in [1.54, 1.807) is 18.2 Å². The summed E-state index contributed by atoms with van der Waals surface area (Å²) < 4.78 is 0.755. The minimum Gasteiger partial charge on any atom is -0.398 e. The number of hydrogen-bond donors (Lipinski definition) is 3. The number of carbonyl (C=O) groups is 1. The summed E-state index contributed by atoms with van der Waals surface area (Å²) >= 11 is 3.30. The standard InChI is InChI=1S/C16H15BrN2O2/c17-12-6-5-10(7-13(12)18)16(21)19-15-11-4-2-1-3-9(11)8-14(15)20/h1-7,14-15,20H,8,18H2,(H,19,21)/t14-,15+/m1/s1. The Morgan fingerprint density at radius 3 is 2.81 bits per heavy atom. The number of hydrogen-bond acceptors (Lipinski definition) is 3. The molecule has 4 nitrogen and oxygen atoms in total. The first-order valence-electron chi connectivity index (χ1n) is 6.68. The van der Waals surface area contributed by atoms with Crippen LogP contribution in [0.15, 0.2) is 46.9 Å². The molecule has 0 spiro atoms. The number of rotatable bonds is 2. The fourth-order valence-electron chi connectivity index (χ4n) is 2.66. The van der Waals surface area contributed by atoms with Gasteiger partial charge in [-0.05, 0) is 45.3 Å². The second kappa shape index (κ2) is 5.50. The molecule has 0 fully saturated rings. The van der Waals surface area contributed by atoms with Gasteiger partial charge < -0.3 is 16.2 Å². The van der Waals surface area contributed by atoms with Crippen molar-refractivity contribution in [1.29, 1.82) is 0 Å². The number of amides is 1. The number of aliphatic hydroxyl groups is 1. The molecule has 3 rings (SSSR count). The van der Waals surface area contributed by atoms with E-state index in [0.29, 0.717) is 17.7 Å². The van der Waals surface area contributed by atoms with Gasteiger partial charge >= 0.3 is 0 Å². The van der Waals surface area contributed by atoms with E-state index in [9.17, 15) is 9.90 Å². The topological polar surface area (TPSA) is 75.4 Å². The second-order valence-electron chi connectivity index (χ2n) is 5.16. The molecule has 5 heteroatoms. The Hall–Kier alpha value is -1.85. The summed E-state index contributed by atoms with van der Waals surface area (Å²) in [5.74, 6) is -0.241. The number of nitrogens with two attached hydrogens (primary N) is 1. The third-order valence-electron chi connectivity index (χ3n) is 3.75. The monoisotopic (exact) mass is 346 g/mol. The summed E-state index contributed by atoms with van der Waals surface area (Å²) in [5.41, 5.74) is 8.83. The number of benzene rings is 2. The molecule has 0 unspecified atom stereocenters. The van der Waals surface area contributed by atoms with Crippen LogP contribution in [0, 0.1) is 0 Å². The third kappa shape index (κ3) is 2.66. The largest absolute Gasteiger partial charge is 0.398 e. The first-order chi connectivity index (χ1) is 10.1. The number of nitrogen functional groups attached to an aromatic ring is 1. The summed E-state index contributed by atoms with van der Waals surface area (Å²) in [5, 5.41) is 13.0. The average Bonchev–Trinajstić information content (AvgIpc) is 2.78. The molecular formula is C16H15BrN2O2.